The van der Waals surface area contributed by atoms with Gasteiger partial charge in [-0.1, -0.05) is 0 Å². The zero-order chi connectivity index (χ0) is 21.7. The van der Waals surface area contributed by atoms with Crippen LogP contribution in [0.1, 0.15) is 23.0 Å². The van der Waals surface area contributed by atoms with Gasteiger partial charge in [0.15, 0.2) is 0 Å². The van der Waals surface area contributed by atoms with Crippen LogP contribution in [-0.4, -0.2) is 24.5 Å². The molecule has 5 nitrogen and oxygen atoms in total. The highest BCUT2D eigenvalue weighted by molar-refractivity contribution is 6.02. The minimum absolute atomic E-state index is 0.0611. The van der Waals surface area contributed by atoms with Gasteiger partial charge in [-0.05, 0) is 30.3 Å². The molecule has 0 bridgehead atoms. The minimum atomic E-state index is -5.01. The van der Waals surface area contributed by atoms with Crippen LogP contribution < -0.4 is 0 Å². The molecule has 0 spiro atoms. The van der Waals surface area contributed by atoms with Crippen LogP contribution in [0.3, 0.4) is 0 Å². The number of nitrogens with zero attached hydrogens (tertiary/aromatic N) is 5. The van der Waals surface area contributed by atoms with Gasteiger partial charge in [0.05, 0.1) is 16.6 Å². The van der Waals surface area contributed by atoms with Crippen molar-refractivity contribution in [2.45, 2.75) is 25.2 Å². The number of imidazole rings is 1. The summed E-state index contributed by atoms with van der Waals surface area (Å²) >= 11 is 0. The third-order valence-corrected chi connectivity index (χ3v) is 4.65. The third kappa shape index (κ3) is 3.66. The Morgan fingerprint density at radius 3 is 2.17 bits per heavy atom. The van der Waals surface area contributed by atoms with Crippen molar-refractivity contribution in [3.63, 3.8) is 0 Å². The Balaban J connectivity index is 1.70. The van der Waals surface area contributed by atoms with Gasteiger partial charge in [0, 0.05) is 31.5 Å². The van der Waals surface area contributed by atoms with Crippen molar-refractivity contribution in [3.8, 4) is 0 Å². The van der Waals surface area contributed by atoms with Gasteiger partial charge in [-0.3, -0.25) is 4.98 Å². The molecule has 3 aromatic heterocycles. The van der Waals surface area contributed by atoms with Crippen LogP contribution in [0, 0.1) is 0 Å². The average molecular weight is 425 g/mol. The molecule has 0 radical (unpaired) electrons. The maximum absolute atomic E-state index is 13.0. The molecule has 0 N–H and O–H groups in total. The second-order valence-electron chi connectivity index (χ2n) is 6.64. The van der Waals surface area contributed by atoms with E-state index < -0.39 is 29.6 Å². The molecule has 0 unspecified atom stereocenters. The number of fused-ring (bicyclic) bond motifs is 3. The van der Waals surface area contributed by atoms with Crippen LogP contribution in [0.5, 0.6) is 0 Å². The third-order valence-electron chi connectivity index (χ3n) is 4.65. The number of aryl methyl sites for hydroxylation is 3. The summed E-state index contributed by atoms with van der Waals surface area (Å²) in [5.41, 5.74) is -1.10. The standard InChI is InChI=1S/C19H13F6N5/c1-30-12-5-4-11-10(3-2-8-26-11)17(12)29-16(30)7-6-15-27-13(18(20,21)22)9-14(28-15)19(23,24)25/h2-5,8-9H,6-7H2,1H3. The van der Waals surface area contributed by atoms with E-state index in [-0.39, 0.29) is 18.9 Å². The summed E-state index contributed by atoms with van der Waals surface area (Å²) in [4.78, 5) is 15.3. The highest BCUT2D eigenvalue weighted by atomic mass is 19.4. The van der Waals surface area contributed by atoms with E-state index >= 15 is 0 Å². The molecule has 30 heavy (non-hydrogen) atoms. The molecule has 1 aromatic carbocycles. The number of halogens is 6. The van der Waals surface area contributed by atoms with E-state index in [9.17, 15) is 26.3 Å². The van der Waals surface area contributed by atoms with Gasteiger partial charge < -0.3 is 4.57 Å². The molecule has 0 aliphatic heterocycles. The lowest BCUT2D eigenvalue weighted by Crippen LogP contribution is -2.17. The van der Waals surface area contributed by atoms with Gasteiger partial charge in [0.1, 0.15) is 23.0 Å². The fourth-order valence-corrected chi connectivity index (χ4v) is 3.20. The fraction of sp³-hybridized carbons (Fsp3) is 0.263. The molecule has 3 heterocycles. The molecule has 0 atom stereocenters. The van der Waals surface area contributed by atoms with Crippen molar-refractivity contribution in [1.82, 2.24) is 24.5 Å². The Bertz CT molecular complexity index is 1210. The number of benzene rings is 1. The molecule has 4 rings (SSSR count). The van der Waals surface area contributed by atoms with Crippen LogP contribution >= 0.6 is 0 Å². The van der Waals surface area contributed by atoms with E-state index in [1.54, 1.807) is 23.9 Å². The zero-order valence-electron chi connectivity index (χ0n) is 15.4. The summed E-state index contributed by atoms with van der Waals surface area (Å²) in [6.07, 6.45) is -8.56. The Morgan fingerprint density at radius 2 is 1.53 bits per heavy atom. The van der Waals surface area contributed by atoms with E-state index in [4.69, 9.17) is 0 Å². The smallest absolute Gasteiger partial charge is 0.331 e. The minimum Gasteiger partial charge on any atom is -0.331 e. The average Bonchev–Trinajstić information content (AvgIpc) is 3.01. The predicted octanol–water partition coefficient (Wildman–Crippen LogP) is 4.73. The zero-order valence-corrected chi connectivity index (χ0v) is 15.4. The molecule has 0 saturated heterocycles. The maximum Gasteiger partial charge on any atom is 0.433 e. The maximum atomic E-state index is 13.0. The first-order chi connectivity index (χ1) is 14.0. The van der Waals surface area contributed by atoms with Crippen LogP contribution in [-0.2, 0) is 32.2 Å². The summed E-state index contributed by atoms with van der Waals surface area (Å²) in [5, 5.41) is 0.798. The first kappa shape index (κ1) is 20.0. The summed E-state index contributed by atoms with van der Waals surface area (Å²) < 4.78 is 79.6. The molecule has 156 valence electrons. The monoisotopic (exact) mass is 425 g/mol. The fourth-order valence-electron chi connectivity index (χ4n) is 3.20. The topological polar surface area (TPSA) is 56.5 Å². The van der Waals surface area contributed by atoms with Gasteiger partial charge in [-0.2, -0.15) is 26.3 Å². The molecular weight excluding hydrogens is 412 g/mol. The quantitative estimate of drug-likeness (QED) is 0.445. The van der Waals surface area contributed by atoms with Crippen molar-refractivity contribution >= 4 is 21.9 Å². The number of aromatic nitrogens is 5. The van der Waals surface area contributed by atoms with Gasteiger partial charge >= 0.3 is 12.4 Å². The van der Waals surface area contributed by atoms with E-state index in [2.05, 4.69) is 19.9 Å². The number of hydrogen-bond acceptors (Lipinski definition) is 4. The lowest BCUT2D eigenvalue weighted by atomic mass is 10.2. The number of rotatable bonds is 3. The molecule has 11 heteroatoms. The van der Waals surface area contributed by atoms with Crippen molar-refractivity contribution in [2.75, 3.05) is 0 Å². The molecule has 0 saturated carbocycles. The molecule has 0 aliphatic carbocycles. The Hall–Kier alpha value is -3.24. The van der Waals surface area contributed by atoms with Crippen molar-refractivity contribution in [2.24, 2.45) is 7.05 Å². The number of alkyl halides is 6. The second kappa shape index (κ2) is 6.92. The summed E-state index contributed by atoms with van der Waals surface area (Å²) in [5.74, 6) is -0.0633. The van der Waals surface area contributed by atoms with Crippen LogP contribution in [0.25, 0.3) is 21.9 Å². The van der Waals surface area contributed by atoms with Gasteiger partial charge in [-0.25, -0.2) is 15.0 Å². The first-order valence-corrected chi connectivity index (χ1v) is 8.75. The Kier molecular flexibility index (Phi) is 4.63. The van der Waals surface area contributed by atoms with Gasteiger partial charge in [0.2, 0.25) is 0 Å². The largest absolute Gasteiger partial charge is 0.433 e. The van der Waals surface area contributed by atoms with E-state index in [0.717, 1.165) is 16.4 Å². The predicted molar refractivity (Wildman–Crippen MR) is 95.5 cm³/mol. The van der Waals surface area contributed by atoms with Crippen LogP contribution in [0.15, 0.2) is 36.5 Å². The Morgan fingerprint density at radius 1 is 0.867 bits per heavy atom. The van der Waals surface area contributed by atoms with Crippen molar-refractivity contribution < 1.29 is 26.3 Å². The highest BCUT2D eigenvalue weighted by Gasteiger charge is 2.39. The summed E-state index contributed by atoms with van der Waals surface area (Å²) in [6, 6.07) is 7.13. The van der Waals surface area contributed by atoms with Crippen molar-refractivity contribution in [1.29, 1.82) is 0 Å². The summed E-state index contributed by atoms with van der Waals surface area (Å²) in [6.45, 7) is 0. The van der Waals surface area contributed by atoms with E-state index in [0.29, 0.717) is 11.3 Å². The normalized spacial score (nSPS) is 12.8. The van der Waals surface area contributed by atoms with Gasteiger partial charge in [0.25, 0.3) is 0 Å². The first-order valence-electron chi connectivity index (χ1n) is 8.75. The van der Waals surface area contributed by atoms with E-state index in [1.807, 2.05) is 18.2 Å². The lowest BCUT2D eigenvalue weighted by molar-refractivity contribution is -0.147. The highest BCUT2D eigenvalue weighted by Crippen LogP contribution is 2.33. The molecule has 4 aromatic rings. The second-order valence-corrected chi connectivity index (χ2v) is 6.64. The van der Waals surface area contributed by atoms with Crippen molar-refractivity contribution in [3.05, 3.63) is 59.6 Å². The molecule has 0 amide bonds. The molecule has 0 aliphatic rings. The molecular formula is C19H13F6N5. The Labute approximate surface area is 165 Å². The summed E-state index contributed by atoms with van der Waals surface area (Å²) in [7, 11) is 1.72. The van der Waals surface area contributed by atoms with Crippen LogP contribution in [0.2, 0.25) is 0 Å². The SMILES string of the molecule is Cn1c(CCc2nc(C(F)(F)F)cc(C(F)(F)F)n2)nc2c3cccnc3ccc21. The number of hydrogen-bond donors (Lipinski definition) is 0. The molecule has 0 fully saturated rings. The van der Waals surface area contributed by atoms with Gasteiger partial charge in [-0.15, -0.1) is 0 Å². The number of pyridine rings is 1. The lowest BCUT2D eigenvalue weighted by Gasteiger charge is -2.12. The van der Waals surface area contributed by atoms with E-state index in [1.165, 1.54) is 0 Å². The van der Waals surface area contributed by atoms with Crippen LogP contribution in [0.4, 0.5) is 26.3 Å².